The van der Waals surface area contributed by atoms with Gasteiger partial charge in [-0.3, -0.25) is 9.59 Å². The van der Waals surface area contributed by atoms with E-state index in [1.807, 2.05) is 0 Å². The van der Waals surface area contributed by atoms with Crippen LogP contribution in [0.15, 0.2) is 36.4 Å². The molecule has 2 aromatic carbocycles. The minimum atomic E-state index is -0.499. The minimum absolute atomic E-state index is 0.116. The van der Waals surface area contributed by atoms with E-state index in [1.54, 1.807) is 50.2 Å². The lowest BCUT2D eigenvalue weighted by atomic mass is 9.83. The summed E-state index contributed by atoms with van der Waals surface area (Å²) in [5.41, 5.74) is 0.976. The monoisotopic (exact) mass is 370 g/mol. The number of Topliss-reactive ketones (excluding diaryl/α,β-unsaturated/α-hetero) is 2. The fourth-order valence-corrected chi connectivity index (χ4v) is 3.02. The molecule has 2 atom stereocenters. The Balaban J connectivity index is 1.79. The van der Waals surface area contributed by atoms with Crippen LogP contribution in [0, 0.1) is 11.8 Å². The quantitative estimate of drug-likeness (QED) is 0.691. The predicted molar refractivity (Wildman–Crippen MR) is 99.1 cm³/mol. The maximum absolute atomic E-state index is 12.9. The van der Waals surface area contributed by atoms with Gasteiger partial charge in [-0.05, 0) is 36.4 Å². The molecule has 2 aromatic rings. The van der Waals surface area contributed by atoms with Crippen molar-refractivity contribution in [2.24, 2.45) is 11.8 Å². The first-order valence-corrected chi connectivity index (χ1v) is 8.66. The lowest BCUT2D eigenvalue weighted by molar-refractivity contribution is 0.0793. The number of hydrogen-bond acceptors (Lipinski definition) is 6. The number of ketones is 2. The van der Waals surface area contributed by atoms with Crippen LogP contribution in [0.2, 0.25) is 0 Å². The standard InChI is InChI=1S/C21H22O6/c1-12(20(22)14-5-7-16(24-3)18(9-14)25-4)13(2)21(23)15-6-8-17-19(10-15)27-11-26-17/h5-10,12-13H,11H2,1-4H3/t12-,13-/m0/s1. The topological polar surface area (TPSA) is 71.1 Å². The van der Waals surface area contributed by atoms with Gasteiger partial charge in [-0.15, -0.1) is 0 Å². The fourth-order valence-electron chi connectivity index (χ4n) is 3.02. The van der Waals surface area contributed by atoms with Gasteiger partial charge in [0, 0.05) is 23.0 Å². The molecule has 142 valence electrons. The molecule has 0 aromatic heterocycles. The molecule has 1 aliphatic rings. The average Bonchev–Trinajstić information content (AvgIpc) is 3.18. The Kier molecular flexibility index (Phi) is 5.35. The van der Waals surface area contributed by atoms with Gasteiger partial charge >= 0.3 is 0 Å². The van der Waals surface area contributed by atoms with E-state index in [1.165, 1.54) is 14.2 Å². The predicted octanol–water partition coefficient (Wildman–Crippen LogP) is 3.77. The molecule has 3 rings (SSSR count). The van der Waals surface area contributed by atoms with Gasteiger partial charge in [-0.1, -0.05) is 13.8 Å². The molecule has 0 bridgehead atoms. The van der Waals surface area contributed by atoms with Gasteiger partial charge in [0.25, 0.3) is 0 Å². The number of ether oxygens (including phenoxy) is 4. The number of fused-ring (bicyclic) bond motifs is 1. The first-order valence-electron chi connectivity index (χ1n) is 8.66. The van der Waals surface area contributed by atoms with Crippen molar-refractivity contribution in [1.82, 2.24) is 0 Å². The minimum Gasteiger partial charge on any atom is -0.493 e. The van der Waals surface area contributed by atoms with E-state index in [4.69, 9.17) is 18.9 Å². The molecule has 1 aliphatic heterocycles. The fraction of sp³-hybridized carbons (Fsp3) is 0.333. The molecule has 0 aliphatic carbocycles. The Morgan fingerprint density at radius 1 is 0.815 bits per heavy atom. The highest BCUT2D eigenvalue weighted by Crippen LogP contribution is 2.34. The van der Waals surface area contributed by atoms with Crippen molar-refractivity contribution in [2.75, 3.05) is 21.0 Å². The normalized spacial score (nSPS) is 14.4. The van der Waals surface area contributed by atoms with E-state index in [0.717, 1.165) is 0 Å². The Bertz CT molecular complexity index is 873. The third-order valence-corrected chi connectivity index (χ3v) is 4.90. The maximum Gasteiger partial charge on any atom is 0.231 e. The van der Waals surface area contributed by atoms with Crippen LogP contribution in [0.1, 0.15) is 34.6 Å². The van der Waals surface area contributed by atoms with Crippen molar-refractivity contribution in [3.8, 4) is 23.0 Å². The molecule has 0 saturated heterocycles. The Hall–Kier alpha value is -3.02. The van der Waals surface area contributed by atoms with Crippen LogP contribution >= 0.6 is 0 Å². The summed E-state index contributed by atoms with van der Waals surface area (Å²) in [6, 6.07) is 10.1. The van der Waals surface area contributed by atoms with Gasteiger partial charge in [0.2, 0.25) is 6.79 Å². The van der Waals surface area contributed by atoms with Crippen molar-refractivity contribution < 1.29 is 28.5 Å². The molecule has 0 amide bonds. The molecular formula is C21H22O6. The summed E-state index contributed by atoms with van der Waals surface area (Å²) in [5.74, 6) is 0.955. The van der Waals surface area contributed by atoms with E-state index in [9.17, 15) is 9.59 Å². The second kappa shape index (κ2) is 7.70. The molecule has 1 heterocycles. The summed E-state index contributed by atoms with van der Waals surface area (Å²) in [7, 11) is 3.05. The SMILES string of the molecule is COc1ccc(C(=O)[C@@H](C)[C@H](C)C(=O)c2ccc3c(c2)OCO3)cc1OC. The van der Waals surface area contributed by atoms with E-state index in [0.29, 0.717) is 34.1 Å². The van der Waals surface area contributed by atoms with Gasteiger partial charge in [0.05, 0.1) is 14.2 Å². The number of methoxy groups -OCH3 is 2. The van der Waals surface area contributed by atoms with E-state index in [-0.39, 0.29) is 18.4 Å². The highest BCUT2D eigenvalue weighted by atomic mass is 16.7. The van der Waals surface area contributed by atoms with Gasteiger partial charge in [-0.2, -0.15) is 0 Å². The summed E-state index contributed by atoms with van der Waals surface area (Å²) in [6.07, 6.45) is 0. The van der Waals surface area contributed by atoms with Gasteiger partial charge < -0.3 is 18.9 Å². The lowest BCUT2D eigenvalue weighted by Crippen LogP contribution is -2.26. The zero-order valence-corrected chi connectivity index (χ0v) is 15.8. The van der Waals surface area contributed by atoms with Crippen LogP contribution < -0.4 is 18.9 Å². The average molecular weight is 370 g/mol. The Morgan fingerprint density at radius 2 is 1.37 bits per heavy atom. The highest BCUT2D eigenvalue weighted by Gasteiger charge is 2.29. The molecule has 27 heavy (non-hydrogen) atoms. The van der Waals surface area contributed by atoms with Crippen LogP contribution in [0.25, 0.3) is 0 Å². The smallest absolute Gasteiger partial charge is 0.231 e. The van der Waals surface area contributed by atoms with E-state index in [2.05, 4.69) is 0 Å². The molecule has 6 nitrogen and oxygen atoms in total. The molecule has 0 saturated carbocycles. The molecule has 0 radical (unpaired) electrons. The van der Waals surface area contributed by atoms with Crippen molar-refractivity contribution in [3.63, 3.8) is 0 Å². The summed E-state index contributed by atoms with van der Waals surface area (Å²) in [6.45, 7) is 3.67. The molecule has 6 heteroatoms. The van der Waals surface area contributed by atoms with Crippen molar-refractivity contribution in [3.05, 3.63) is 47.5 Å². The Labute approximate surface area is 158 Å². The molecule has 0 spiro atoms. The Morgan fingerprint density at radius 3 is 2.00 bits per heavy atom. The number of carbonyl (C=O) groups excluding carboxylic acids is 2. The van der Waals surface area contributed by atoms with Gasteiger partial charge in [0.15, 0.2) is 34.6 Å². The number of hydrogen-bond donors (Lipinski definition) is 0. The largest absolute Gasteiger partial charge is 0.493 e. The lowest BCUT2D eigenvalue weighted by Gasteiger charge is -2.19. The van der Waals surface area contributed by atoms with Crippen LogP contribution in [-0.2, 0) is 0 Å². The molecule has 0 fully saturated rings. The third kappa shape index (κ3) is 3.60. The van der Waals surface area contributed by atoms with Gasteiger partial charge in [0.1, 0.15) is 0 Å². The van der Waals surface area contributed by atoms with Crippen LogP contribution in [0.3, 0.4) is 0 Å². The van der Waals surface area contributed by atoms with E-state index >= 15 is 0 Å². The first kappa shape index (κ1) is 18.8. The molecular weight excluding hydrogens is 348 g/mol. The van der Waals surface area contributed by atoms with Crippen molar-refractivity contribution in [1.29, 1.82) is 0 Å². The zero-order chi connectivity index (χ0) is 19.6. The zero-order valence-electron chi connectivity index (χ0n) is 15.8. The highest BCUT2D eigenvalue weighted by molar-refractivity contribution is 6.05. The van der Waals surface area contributed by atoms with E-state index < -0.39 is 11.8 Å². The third-order valence-electron chi connectivity index (χ3n) is 4.90. The van der Waals surface area contributed by atoms with Crippen LogP contribution in [0.5, 0.6) is 23.0 Å². The maximum atomic E-state index is 12.9. The number of carbonyl (C=O) groups is 2. The number of rotatable bonds is 7. The second-order valence-corrected chi connectivity index (χ2v) is 6.44. The number of benzene rings is 2. The second-order valence-electron chi connectivity index (χ2n) is 6.44. The first-order chi connectivity index (χ1) is 13.0. The van der Waals surface area contributed by atoms with Crippen molar-refractivity contribution in [2.45, 2.75) is 13.8 Å². The molecule has 0 N–H and O–H groups in total. The van der Waals surface area contributed by atoms with Gasteiger partial charge in [-0.25, -0.2) is 0 Å². The summed E-state index contributed by atoms with van der Waals surface area (Å²) < 4.78 is 21.1. The van der Waals surface area contributed by atoms with Crippen LogP contribution in [-0.4, -0.2) is 32.6 Å². The summed E-state index contributed by atoms with van der Waals surface area (Å²) in [4.78, 5) is 25.7. The summed E-state index contributed by atoms with van der Waals surface area (Å²) in [5, 5.41) is 0. The summed E-state index contributed by atoms with van der Waals surface area (Å²) >= 11 is 0. The van der Waals surface area contributed by atoms with Crippen molar-refractivity contribution >= 4 is 11.6 Å². The molecule has 0 unspecified atom stereocenters. The van der Waals surface area contributed by atoms with Crippen LogP contribution in [0.4, 0.5) is 0 Å².